The second kappa shape index (κ2) is 14.0. The van der Waals surface area contributed by atoms with Crippen molar-refractivity contribution >= 4 is 40.8 Å². The number of morpholine rings is 1. The summed E-state index contributed by atoms with van der Waals surface area (Å²) in [5.74, 6) is -0.369. The fourth-order valence-electron chi connectivity index (χ4n) is 5.05. The van der Waals surface area contributed by atoms with Gasteiger partial charge >= 0.3 is 18.3 Å². The topological polar surface area (TPSA) is 146 Å². The third kappa shape index (κ3) is 9.13. The first-order valence-electron chi connectivity index (χ1n) is 16.0. The Bertz CT molecular complexity index is 1640. The molecule has 0 aliphatic carbocycles. The van der Waals surface area contributed by atoms with Gasteiger partial charge in [-0.15, -0.1) is 0 Å². The molecule has 1 aromatic carbocycles. The van der Waals surface area contributed by atoms with E-state index in [2.05, 4.69) is 15.3 Å². The Kier molecular flexibility index (Phi) is 10.6. The number of rotatable bonds is 6. The van der Waals surface area contributed by atoms with Crippen LogP contribution in [0.15, 0.2) is 30.3 Å². The number of aryl methyl sites for hydroxylation is 1. The van der Waals surface area contributed by atoms with E-state index in [1.54, 1.807) is 99.7 Å². The standard InChI is InChI=1S/C34H48N6O8/c1-32(2,3)46-29(42)39-24-12-11-13-25(40(30(43)47-33(4,5)6)31(44)48-34(7,8)9)22(24)20-27(39)26-21-23(36-37(26)10)28(41)35-14-15-38-16-18-45-19-17-38/h11-13,20-21H,14-19H2,1-10H3,(H,35,41). The Labute approximate surface area is 281 Å². The van der Waals surface area contributed by atoms with E-state index in [1.807, 2.05) is 0 Å². The molecule has 0 saturated carbocycles. The van der Waals surface area contributed by atoms with Crippen LogP contribution in [0.1, 0.15) is 72.8 Å². The highest BCUT2D eigenvalue weighted by Crippen LogP contribution is 2.36. The zero-order valence-corrected chi connectivity index (χ0v) is 29.6. The van der Waals surface area contributed by atoms with Gasteiger partial charge in [0.25, 0.3) is 5.91 Å². The molecule has 3 amide bonds. The van der Waals surface area contributed by atoms with Crippen molar-refractivity contribution in [2.24, 2.45) is 7.05 Å². The molecule has 48 heavy (non-hydrogen) atoms. The van der Waals surface area contributed by atoms with Crippen molar-refractivity contribution in [1.29, 1.82) is 0 Å². The zero-order chi connectivity index (χ0) is 35.6. The van der Waals surface area contributed by atoms with Crippen LogP contribution in [0.5, 0.6) is 0 Å². The van der Waals surface area contributed by atoms with E-state index in [-0.39, 0.29) is 17.3 Å². The van der Waals surface area contributed by atoms with Crippen LogP contribution in [-0.2, 0) is 26.0 Å². The fourth-order valence-corrected chi connectivity index (χ4v) is 5.05. The van der Waals surface area contributed by atoms with E-state index >= 15 is 0 Å². The molecule has 0 bridgehead atoms. The molecule has 14 nitrogen and oxygen atoms in total. The number of fused-ring (bicyclic) bond motifs is 1. The first-order chi connectivity index (χ1) is 22.2. The van der Waals surface area contributed by atoms with Crippen molar-refractivity contribution in [3.8, 4) is 11.4 Å². The number of anilines is 1. The minimum Gasteiger partial charge on any atom is -0.443 e. The third-order valence-corrected chi connectivity index (χ3v) is 6.98. The highest BCUT2D eigenvalue weighted by Gasteiger charge is 2.35. The number of aromatic nitrogens is 3. The Morgan fingerprint density at radius 3 is 2.00 bits per heavy atom. The highest BCUT2D eigenvalue weighted by molar-refractivity contribution is 6.16. The number of amides is 3. The highest BCUT2D eigenvalue weighted by atomic mass is 16.6. The van der Waals surface area contributed by atoms with Crippen molar-refractivity contribution in [1.82, 2.24) is 24.6 Å². The lowest BCUT2D eigenvalue weighted by Crippen LogP contribution is -2.43. The van der Waals surface area contributed by atoms with Gasteiger partial charge in [-0.25, -0.2) is 19.0 Å². The quantitative estimate of drug-likeness (QED) is 0.331. The number of benzene rings is 1. The molecule has 3 aromatic rings. The van der Waals surface area contributed by atoms with Crippen LogP contribution in [0, 0.1) is 0 Å². The van der Waals surface area contributed by atoms with Gasteiger partial charge < -0.3 is 24.3 Å². The first kappa shape index (κ1) is 36.4. The number of nitrogens with zero attached hydrogens (tertiary/aromatic N) is 5. The molecule has 1 aliphatic rings. The van der Waals surface area contributed by atoms with E-state index in [9.17, 15) is 19.2 Å². The molecular formula is C34H48N6O8. The molecule has 1 N–H and O–H groups in total. The molecule has 14 heteroatoms. The van der Waals surface area contributed by atoms with Gasteiger partial charge in [-0.2, -0.15) is 10.00 Å². The van der Waals surface area contributed by atoms with Crippen molar-refractivity contribution in [3.05, 3.63) is 36.0 Å². The number of carbonyl (C=O) groups is 4. The maximum atomic E-state index is 13.8. The molecule has 0 unspecified atom stereocenters. The Balaban J connectivity index is 1.81. The average molecular weight is 669 g/mol. The van der Waals surface area contributed by atoms with E-state index in [0.717, 1.165) is 18.0 Å². The van der Waals surface area contributed by atoms with Crippen molar-refractivity contribution in [2.45, 2.75) is 79.1 Å². The molecule has 0 spiro atoms. The summed E-state index contributed by atoms with van der Waals surface area (Å²) < 4.78 is 25.2. The lowest BCUT2D eigenvalue weighted by molar-refractivity contribution is 0.0382. The van der Waals surface area contributed by atoms with E-state index < -0.39 is 35.1 Å². The number of ether oxygens (including phenoxy) is 4. The second-order valence-corrected chi connectivity index (χ2v) is 14.6. The third-order valence-electron chi connectivity index (χ3n) is 6.98. The predicted molar refractivity (Wildman–Crippen MR) is 180 cm³/mol. The molecule has 0 radical (unpaired) electrons. The summed E-state index contributed by atoms with van der Waals surface area (Å²) in [6.07, 6.45) is -2.61. The molecule has 1 saturated heterocycles. The summed E-state index contributed by atoms with van der Waals surface area (Å²) in [5, 5.41) is 7.71. The second-order valence-electron chi connectivity index (χ2n) is 14.6. The molecule has 0 atom stereocenters. The van der Waals surface area contributed by atoms with Crippen LogP contribution in [0.25, 0.3) is 22.3 Å². The molecule has 1 fully saturated rings. The molecule has 262 valence electrons. The maximum Gasteiger partial charge on any atom is 0.424 e. The van der Waals surface area contributed by atoms with Crippen LogP contribution in [0.4, 0.5) is 20.1 Å². The smallest absolute Gasteiger partial charge is 0.424 e. The minimum absolute atomic E-state index is 0.128. The van der Waals surface area contributed by atoms with Crippen molar-refractivity contribution in [2.75, 3.05) is 44.3 Å². The van der Waals surface area contributed by atoms with Crippen LogP contribution in [0.2, 0.25) is 0 Å². The van der Waals surface area contributed by atoms with Crippen molar-refractivity contribution in [3.63, 3.8) is 0 Å². The SMILES string of the molecule is Cn1nc(C(=O)NCCN2CCOCC2)cc1-c1cc2c(N(C(=O)OC(C)(C)C)C(=O)OC(C)(C)C)cccc2n1C(=O)OC(C)(C)C. The summed E-state index contributed by atoms with van der Waals surface area (Å²) in [7, 11) is 1.66. The van der Waals surface area contributed by atoms with Gasteiger partial charge in [-0.1, -0.05) is 6.07 Å². The fraction of sp³-hybridized carbons (Fsp3) is 0.559. The summed E-state index contributed by atoms with van der Waals surface area (Å²) in [4.78, 5) is 57.1. The van der Waals surface area contributed by atoms with Gasteiger partial charge in [0, 0.05) is 38.6 Å². The summed E-state index contributed by atoms with van der Waals surface area (Å²) in [6.45, 7) is 19.4. The van der Waals surface area contributed by atoms with Gasteiger partial charge in [0.2, 0.25) is 0 Å². The van der Waals surface area contributed by atoms with Crippen molar-refractivity contribution < 1.29 is 38.1 Å². The van der Waals surface area contributed by atoms with Crippen LogP contribution in [-0.4, -0.2) is 99.6 Å². The largest absolute Gasteiger partial charge is 0.443 e. The Morgan fingerprint density at radius 1 is 0.854 bits per heavy atom. The van der Waals surface area contributed by atoms with E-state index in [1.165, 1.54) is 9.25 Å². The van der Waals surface area contributed by atoms with Gasteiger partial charge in [0.05, 0.1) is 35.8 Å². The molecular weight excluding hydrogens is 620 g/mol. The summed E-state index contributed by atoms with van der Waals surface area (Å²) in [5.41, 5.74) is -1.34. The molecule has 2 aromatic heterocycles. The van der Waals surface area contributed by atoms with Crippen LogP contribution < -0.4 is 10.2 Å². The van der Waals surface area contributed by atoms with Crippen LogP contribution in [0.3, 0.4) is 0 Å². The van der Waals surface area contributed by atoms with Gasteiger partial charge in [-0.05, 0) is 86.6 Å². The van der Waals surface area contributed by atoms with E-state index in [4.69, 9.17) is 18.9 Å². The Morgan fingerprint density at radius 2 is 1.44 bits per heavy atom. The maximum absolute atomic E-state index is 13.8. The predicted octanol–water partition coefficient (Wildman–Crippen LogP) is 5.56. The number of hydrogen-bond acceptors (Lipinski definition) is 10. The normalized spacial score (nSPS) is 14.5. The number of imide groups is 1. The molecule has 4 rings (SSSR count). The monoisotopic (exact) mass is 668 g/mol. The lowest BCUT2D eigenvalue weighted by atomic mass is 10.1. The molecule has 3 heterocycles. The number of hydrogen-bond donors (Lipinski definition) is 1. The van der Waals surface area contributed by atoms with Gasteiger partial charge in [0.15, 0.2) is 5.69 Å². The molecule has 1 aliphatic heterocycles. The van der Waals surface area contributed by atoms with E-state index in [0.29, 0.717) is 48.6 Å². The summed E-state index contributed by atoms with van der Waals surface area (Å²) in [6, 6.07) is 8.08. The number of nitrogens with one attached hydrogen (secondary N) is 1. The lowest BCUT2D eigenvalue weighted by Gasteiger charge is -2.29. The first-order valence-corrected chi connectivity index (χ1v) is 16.0. The zero-order valence-electron chi connectivity index (χ0n) is 29.6. The van der Waals surface area contributed by atoms with Crippen LogP contribution >= 0.6 is 0 Å². The van der Waals surface area contributed by atoms with Gasteiger partial charge in [-0.3, -0.25) is 14.4 Å². The summed E-state index contributed by atoms with van der Waals surface area (Å²) >= 11 is 0. The Hall–Kier alpha value is -4.43. The minimum atomic E-state index is -0.951. The van der Waals surface area contributed by atoms with Gasteiger partial charge in [0.1, 0.15) is 16.8 Å². The number of carbonyl (C=O) groups excluding carboxylic acids is 4. The average Bonchev–Trinajstić information content (AvgIpc) is 3.52.